The molecular formula is C15H19FINO3. The summed E-state index contributed by atoms with van der Waals surface area (Å²) in [4.78, 5) is 13.4. The minimum atomic E-state index is -0.483. The Bertz CT molecular complexity index is 524. The third kappa shape index (κ3) is 4.72. The van der Waals surface area contributed by atoms with Crippen LogP contribution in [0.1, 0.15) is 20.8 Å². The van der Waals surface area contributed by atoms with Gasteiger partial charge in [0.15, 0.2) is 11.6 Å². The lowest BCUT2D eigenvalue weighted by molar-refractivity contribution is -0.00805. The van der Waals surface area contributed by atoms with Gasteiger partial charge in [-0.1, -0.05) is 0 Å². The molecule has 0 bridgehead atoms. The summed E-state index contributed by atoms with van der Waals surface area (Å²) in [5, 5.41) is 0. The molecule has 0 aliphatic carbocycles. The van der Waals surface area contributed by atoms with Gasteiger partial charge in [-0.3, -0.25) is 0 Å². The Hall–Kier alpha value is -1.05. The van der Waals surface area contributed by atoms with Crippen molar-refractivity contribution >= 4 is 28.7 Å². The monoisotopic (exact) mass is 407 g/mol. The number of hydrogen-bond donors (Lipinski definition) is 0. The highest BCUT2D eigenvalue weighted by Crippen LogP contribution is 2.23. The number of rotatable bonds is 3. The Labute approximate surface area is 137 Å². The molecule has 6 heteroatoms. The summed E-state index contributed by atoms with van der Waals surface area (Å²) < 4.78 is 25.2. The SMILES string of the molecule is CC(C)(C)OC(=O)N1CC(COc2ccc(I)cc2F)C1. The van der Waals surface area contributed by atoms with E-state index in [9.17, 15) is 9.18 Å². The largest absolute Gasteiger partial charge is 0.490 e. The van der Waals surface area contributed by atoms with Crippen LogP contribution in [0.25, 0.3) is 0 Å². The lowest BCUT2D eigenvalue weighted by atomic mass is 10.0. The van der Waals surface area contributed by atoms with Gasteiger partial charge < -0.3 is 14.4 Å². The molecule has 1 aliphatic heterocycles. The van der Waals surface area contributed by atoms with E-state index in [1.54, 1.807) is 17.0 Å². The van der Waals surface area contributed by atoms with Crippen molar-refractivity contribution in [1.82, 2.24) is 4.90 Å². The van der Waals surface area contributed by atoms with Crippen molar-refractivity contribution in [2.24, 2.45) is 5.92 Å². The smallest absolute Gasteiger partial charge is 0.410 e. The summed E-state index contributed by atoms with van der Waals surface area (Å²) in [5.41, 5.74) is -0.483. The number of carbonyl (C=O) groups excluding carboxylic acids is 1. The van der Waals surface area contributed by atoms with E-state index in [4.69, 9.17) is 9.47 Å². The molecule has 1 amide bonds. The van der Waals surface area contributed by atoms with Gasteiger partial charge in [0.1, 0.15) is 5.60 Å². The average molecular weight is 407 g/mol. The first-order valence-electron chi connectivity index (χ1n) is 6.80. The molecule has 2 rings (SSSR count). The van der Waals surface area contributed by atoms with Crippen LogP contribution in [0, 0.1) is 15.3 Å². The van der Waals surface area contributed by atoms with E-state index in [1.807, 2.05) is 43.4 Å². The Balaban J connectivity index is 1.75. The minimum Gasteiger partial charge on any atom is -0.490 e. The third-order valence-electron chi connectivity index (χ3n) is 2.98. The van der Waals surface area contributed by atoms with Crippen LogP contribution in [-0.4, -0.2) is 36.3 Å². The Morgan fingerprint density at radius 3 is 2.67 bits per heavy atom. The normalized spacial score (nSPS) is 15.6. The quantitative estimate of drug-likeness (QED) is 0.718. The summed E-state index contributed by atoms with van der Waals surface area (Å²) >= 11 is 2.05. The summed E-state index contributed by atoms with van der Waals surface area (Å²) in [6, 6.07) is 4.86. The first-order valence-corrected chi connectivity index (χ1v) is 7.88. The third-order valence-corrected chi connectivity index (χ3v) is 3.65. The molecule has 0 unspecified atom stereocenters. The standard InChI is InChI=1S/C15H19FINO3/c1-15(2,3)21-14(19)18-7-10(8-18)9-20-13-5-4-11(17)6-12(13)16/h4-6,10H,7-9H2,1-3H3. The Morgan fingerprint density at radius 1 is 1.43 bits per heavy atom. The first kappa shape index (κ1) is 16.3. The number of halogens is 2. The van der Waals surface area contributed by atoms with Gasteiger partial charge in [-0.05, 0) is 61.6 Å². The molecule has 1 saturated heterocycles. The summed E-state index contributed by atoms with van der Waals surface area (Å²) in [6.07, 6.45) is -0.306. The van der Waals surface area contributed by atoms with Crippen LogP contribution in [0.4, 0.5) is 9.18 Å². The van der Waals surface area contributed by atoms with Crippen molar-refractivity contribution in [3.63, 3.8) is 0 Å². The zero-order valence-corrected chi connectivity index (χ0v) is 14.5. The van der Waals surface area contributed by atoms with Crippen LogP contribution in [0.2, 0.25) is 0 Å². The van der Waals surface area contributed by atoms with Crippen molar-refractivity contribution in [3.05, 3.63) is 27.6 Å². The second kappa shape index (κ2) is 6.37. The zero-order valence-electron chi connectivity index (χ0n) is 12.4. The second-order valence-corrected chi connectivity index (χ2v) is 7.38. The molecule has 116 valence electrons. The van der Waals surface area contributed by atoms with Crippen LogP contribution >= 0.6 is 22.6 Å². The molecule has 0 spiro atoms. The fraction of sp³-hybridized carbons (Fsp3) is 0.533. The number of ether oxygens (including phenoxy) is 2. The molecule has 0 saturated carbocycles. The van der Waals surface area contributed by atoms with E-state index in [-0.39, 0.29) is 23.6 Å². The fourth-order valence-electron chi connectivity index (χ4n) is 1.95. The molecule has 4 nitrogen and oxygen atoms in total. The van der Waals surface area contributed by atoms with Crippen LogP contribution < -0.4 is 4.74 Å². The molecule has 1 aromatic carbocycles. The number of amides is 1. The predicted molar refractivity (Wildman–Crippen MR) is 85.9 cm³/mol. The van der Waals surface area contributed by atoms with Crippen LogP contribution in [0.3, 0.4) is 0 Å². The molecule has 1 heterocycles. The van der Waals surface area contributed by atoms with Gasteiger partial charge in [-0.25, -0.2) is 9.18 Å². The molecule has 1 fully saturated rings. The zero-order chi connectivity index (χ0) is 15.6. The number of benzene rings is 1. The fourth-order valence-corrected chi connectivity index (χ4v) is 2.40. The highest BCUT2D eigenvalue weighted by Gasteiger charge is 2.34. The maximum Gasteiger partial charge on any atom is 0.410 e. The summed E-state index contributed by atoms with van der Waals surface area (Å²) in [6.45, 7) is 7.08. The van der Waals surface area contributed by atoms with Gasteiger partial charge in [-0.15, -0.1) is 0 Å². The van der Waals surface area contributed by atoms with E-state index in [0.717, 1.165) is 3.57 Å². The minimum absolute atomic E-state index is 0.219. The highest BCUT2D eigenvalue weighted by atomic mass is 127. The van der Waals surface area contributed by atoms with E-state index >= 15 is 0 Å². The molecule has 0 atom stereocenters. The predicted octanol–water partition coefficient (Wildman–Crippen LogP) is 3.68. The molecular weight excluding hydrogens is 388 g/mol. The van der Waals surface area contributed by atoms with E-state index < -0.39 is 5.60 Å². The lowest BCUT2D eigenvalue weighted by Gasteiger charge is -2.39. The van der Waals surface area contributed by atoms with Gasteiger partial charge >= 0.3 is 6.09 Å². The maximum atomic E-state index is 13.6. The summed E-state index contributed by atoms with van der Waals surface area (Å²) in [5.74, 6) is 0.118. The average Bonchev–Trinajstić information content (AvgIpc) is 2.27. The van der Waals surface area contributed by atoms with Crippen molar-refractivity contribution in [1.29, 1.82) is 0 Å². The van der Waals surface area contributed by atoms with Crippen molar-refractivity contribution < 1.29 is 18.7 Å². The van der Waals surface area contributed by atoms with Gasteiger partial charge in [0.25, 0.3) is 0 Å². The summed E-state index contributed by atoms with van der Waals surface area (Å²) in [7, 11) is 0. The number of nitrogens with zero attached hydrogens (tertiary/aromatic N) is 1. The van der Waals surface area contributed by atoms with Gasteiger partial charge in [0.05, 0.1) is 6.61 Å². The van der Waals surface area contributed by atoms with E-state index in [2.05, 4.69) is 0 Å². The van der Waals surface area contributed by atoms with Crippen molar-refractivity contribution in [2.45, 2.75) is 26.4 Å². The van der Waals surface area contributed by atoms with E-state index in [0.29, 0.717) is 19.7 Å². The van der Waals surface area contributed by atoms with Crippen LogP contribution in [0.5, 0.6) is 5.75 Å². The number of likely N-dealkylation sites (tertiary alicyclic amines) is 1. The molecule has 0 N–H and O–H groups in total. The Kier molecular flexibility index (Phi) is 4.95. The number of hydrogen-bond acceptors (Lipinski definition) is 3. The molecule has 1 aromatic rings. The topological polar surface area (TPSA) is 38.8 Å². The van der Waals surface area contributed by atoms with E-state index in [1.165, 1.54) is 6.07 Å². The highest BCUT2D eigenvalue weighted by molar-refractivity contribution is 14.1. The molecule has 0 radical (unpaired) electrons. The van der Waals surface area contributed by atoms with Crippen molar-refractivity contribution in [2.75, 3.05) is 19.7 Å². The van der Waals surface area contributed by atoms with Crippen LogP contribution in [0.15, 0.2) is 18.2 Å². The molecule has 21 heavy (non-hydrogen) atoms. The lowest BCUT2D eigenvalue weighted by Crippen LogP contribution is -2.53. The first-order chi connectivity index (χ1) is 9.74. The molecule has 1 aliphatic rings. The maximum absolute atomic E-state index is 13.6. The van der Waals surface area contributed by atoms with Gasteiger partial charge in [0, 0.05) is 22.6 Å². The second-order valence-electron chi connectivity index (χ2n) is 6.14. The molecule has 0 aromatic heterocycles. The Morgan fingerprint density at radius 2 is 2.10 bits per heavy atom. The van der Waals surface area contributed by atoms with Crippen molar-refractivity contribution in [3.8, 4) is 5.75 Å². The number of carbonyl (C=O) groups is 1. The van der Waals surface area contributed by atoms with Crippen LogP contribution in [-0.2, 0) is 4.74 Å². The van der Waals surface area contributed by atoms with Gasteiger partial charge in [0.2, 0.25) is 0 Å². The van der Waals surface area contributed by atoms with Gasteiger partial charge in [-0.2, -0.15) is 0 Å².